The quantitative estimate of drug-likeness (QED) is 0.658. The number of nitrogens with one attached hydrogen (secondary N) is 1. The molecule has 2 aliphatic rings. The van der Waals surface area contributed by atoms with Gasteiger partial charge in [0.05, 0.1) is 5.69 Å². The van der Waals surface area contributed by atoms with Crippen molar-refractivity contribution in [1.82, 2.24) is 14.9 Å². The van der Waals surface area contributed by atoms with Gasteiger partial charge < -0.3 is 10.2 Å². The first-order chi connectivity index (χ1) is 15.5. The number of anilines is 2. The Bertz CT molecular complexity index is 1050. The molecule has 1 fully saturated rings. The molecule has 1 saturated carbocycles. The fourth-order valence-electron chi connectivity index (χ4n) is 4.96. The van der Waals surface area contributed by atoms with Crippen LogP contribution in [0.1, 0.15) is 43.8 Å². The van der Waals surface area contributed by atoms with Gasteiger partial charge in [-0.2, -0.15) is 0 Å². The summed E-state index contributed by atoms with van der Waals surface area (Å²) in [4.78, 5) is 25.9. The van der Waals surface area contributed by atoms with Gasteiger partial charge in [0.2, 0.25) is 5.91 Å². The van der Waals surface area contributed by atoms with Crippen molar-refractivity contribution in [2.75, 3.05) is 24.3 Å². The van der Waals surface area contributed by atoms with Crippen molar-refractivity contribution in [2.24, 2.45) is 11.8 Å². The fourth-order valence-corrected chi connectivity index (χ4v) is 4.96. The second-order valence-corrected chi connectivity index (χ2v) is 9.70. The molecule has 6 nitrogen and oxygen atoms in total. The molecule has 0 saturated heterocycles. The summed E-state index contributed by atoms with van der Waals surface area (Å²) in [5.41, 5.74) is 1.84. The number of carbonyl (C=O) groups excluding carboxylic acids is 1. The van der Waals surface area contributed by atoms with Crippen LogP contribution in [0.3, 0.4) is 0 Å². The molecule has 0 spiro atoms. The minimum absolute atomic E-state index is 0.0368. The van der Waals surface area contributed by atoms with Crippen molar-refractivity contribution >= 4 is 17.4 Å². The molecule has 2 heterocycles. The van der Waals surface area contributed by atoms with Crippen molar-refractivity contribution in [1.29, 1.82) is 0 Å². The third-order valence-corrected chi connectivity index (χ3v) is 6.80. The highest BCUT2D eigenvalue weighted by Crippen LogP contribution is 2.37. The monoisotopic (exact) mass is 461 g/mol. The van der Waals surface area contributed by atoms with E-state index in [2.05, 4.69) is 10.3 Å². The van der Waals surface area contributed by atoms with Crippen molar-refractivity contribution in [2.45, 2.75) is 58.7 Å². The smallest absolute Gasteiger partial charge is 0.247 e. The molecule has 0 bridgehead atoms. The van der Waals surface area contributed by atoms with E-state index in [4.69, 9.17) is 4.98 Å². The minimum Gasteiger partial charge on any atom is -0.346 e. The average Bonchev–Trinajstić information content (AvgIpc) is 2.69. The normalized spacial score (nSPS) is 22.4. The van der Waals surface area contributed by atoms with Gasteiger partial charge in [0.15, 0.2) is 23.3 Å². The highest BCUT2D eigenvalue weighted by Gasteiger charge is 2.37. The predicted molar refractivity (Wildman–Crippen MR) is 120 cm³/mol. The molecular formula is C24H30F3N5O. The number of halogens is 3. The van der Waals surface area contributed by atoms with Gasteiger partial charge in [-0.25, -0.2) is 23.1 Å². The average molecular weight is 462 g/mol. The molecule has 1 aromatic heterocycles. The highest BCUT2D eigenvalue weighted by molar-refractivity contribution is 6.03. The van der Waals surface area contributed by atoms with E-state index in [9.17, 15) is 18.0 Å². The number of likely N-dealkylation sites (N-methyl/N-ethyl adjacent to an activating group) is 1. The van der Waals surface area contributed by atoms with E-state index in [-0.39, 0.29) is 23.9 Å². The Kier molecular flexibility index (Phi) is 6.35. The lowest BCUT2D eigenvalue weighted by Crippen LogP contribution is -2.50. The van der Waals surface area contributed by atoms with Crippen LogP contribution in [-0.4, -0.2) is 47.0 Å². The highest BCUT2D eigenvalue weighted by atomic mass is 19.2. The molecular weight excluding hydrogens is 431 g/mol. The van der Waals surface area contributed by atoms with Gasteiger partial charge >= 0.3 is 0 Å². The summed E-state index contributed by atoms with van der Waals surface area (Å²) in [6.07, 6.45) is 2.57. The molecule has 1 aliphatic carbocycles. The number of hydrogen-bond acceptors (Lipinski definition) is 5. The maximum atomic E-state index is 13.5. The molecule has 33 heavy (non-hydrogen) atoms. The van der Waals surface area contributed by atoms with Crippen molar-refractivity contribution in [3.8, 4) is 0 Å². The zero-order valence-corrected chi connectivity index (χ0v) is 19.6. The van der Waals surface area contributed by atoms with E-state index in [1.165, 1.54) is 0 Å². The van der Waals surface area contributed by atoms with Gasteiger partial charge in [0.25, 0.3) is 0 Å². The van der Waals surface area contributed by atoms with Gasteiger partial charge in [-0.3, -0.25) is 9.69 Å². The van der Waals surface area contributed by atoms with E-state index in [1.54, 1.807) is 0 Å². The topological polar surface area (TPSA) is 61.4 Å². The van der Waals surface area contributed by atoms with Crippen molar-refractivity contribution in [3.63, 3.8) is 0 Å². The van der Waals surface area contributed by atoms with Crippen molar-refractivity contribution < 1.29 is 18.0 Å². The number of fused-ring (bicyclic) bond motifs is 1. The Hall–Kier alpha value is -2.68. The van der Waals surface area contributed by atoms with Crippen LogP contribution in [0.25, 0.3) is 0 Å². The third kappa shape index (κ3) is 4.55. The lowest BCUT2D eigenvalue weighted by Gasteiger charge is -2.41. The van der Waals surface area contributed by atoms with Gasteiger partial charge in [0, 0.05) is 26.1 Å². The molecule has 1 atom stereocenters. The maximum Gasteiger partial charge on any atom is 0.247 e. The number of aryl methyl sites for hydroxylation is 1. The Balaban J connectivity index is 1.39. The molecule has 2 aromatic rings. The van der Waals surface area contributed by atoms with Crippen LogP contribution in [-0.2, 0) is 17.8 Å². The molecule has 1 aromatic carbocycles. The van der Waals surface area contributed by atoms with E-state index in [0.717, 1.165) is 48.7 Å². The fraction of sp³-hybridized carbons (Fsp3) is 0.542. The van der Waals surface area contributed by atoms with Crippen LogP contribution >= 0.6 is 0 Å². The zero-order valence-electron chi connectivity index (χ0n) is 19.6. The number of nitrogens with zero attached hydrogens (tertiary/aromatic N) is 4. The van der Waals surface area contributed by atoms with E-state index < -0.39 is 17.5 Å². The van der Waals surface area contributed by atoms with E-state index in [1.807, 2.05) is 44.7 Å². The van der Waals surface area contributed by atoms with Crippen LogP contribution in [0.4, 0.5) is 24.7 Å². The summed E-state index contributed by atoms with van der Waals surface area (Å²) in [5, 5.41) is 2.97. The van der Waals surface area contributed by atoms with Gasteiger partial charge in [-0.1, -0.05) is 13.8 Å². The Morgan fingerprint density at radius 1 is 1.18 bits per heavy atom. The Morgan fingerprint density at radius 2 is 1.82 bits per heavy atom. The van der Waals surface area contributed by atoms with Crippen LogP contribution in [0.5, 0.6) is 0 Å². The van der Waals surface area contributed by atoms with E-state index in [0.29, 0.717) is 23.7 Å². The van der Waals surface area contributed by atoms with Crippen molar-refractivity contribution in [3.05, 3.63) is 46.7 Å². The van der Waals surface area contributed by atoms with Crippen LogP contribution in [0.2, 0.25) is 0 Å². The van der Waals surface area contributed by atoms with Gasteiger partial charge in [0.1, 0.15) is 17.6 Å². The molecule has 1 amide bonds. The summed E-state index contributed by atoms with van der Waals surface area (Å²) in [6, 6.07) is 2.10. The number of hydrogen-bond donors (Lipinski definition) is 1. The molecule has 178 valence electrons. The lowest BCUT2D eigenvalue weighted by atomic mass is 9.77. The summed E-state index contributed by atoms with van der Waals surface area (Å²) >= 11 is 0. The molecule has 0 unspecified atom stereocenters. The molecule has 4 rings (SSSR count). The predicted octanol–water partition coefficient (Wildman–Crippen LogP) is 4.07. The SMILES string of the molecule is Cc1nc(CC2CC(N(C)Cc3cc(F)c(F)c(F)c3)C2)nc2c1NC(=O)[C@H](C(C)C)N2C. The number of carbonyl (C=O) groups is 1. The minimum atomic E-state index is -1.43. The molecule has 0 radical (unpaired) electrons. The number of amides is 1. The van der Waals surface area contributed by atoms with E-state index >= 15 is 0 Å². The number of rotatable bonds is 6. The molecule has 9 heteroatoms. The second kappa shape index (κ2) is 8.93. The largest absolute Gasteiger partial charge is 0.346 e. The Labute approximate surface area is 192 Å². The lowest BCUT2D eigenvalue weighted by molar-refractivity contribution is -0.118. The maximum absolute atomic E-state index is 13.5. The zero-order chi connectivity index (χ0) is 24.0. The number of aromatic nitrogens is 2. The second-order valence-electron chi connectivity index (χ2n) is 9.70. The summed E-state index contributed by atoms with van der Waals surface area (Å²) in [7, 11) is 3.80. The first-order valence-corrected chi connectivity index (χ1v) is 11.3. The van der Waals surface area contributed by atoms with Crippen LogP contribution < -0.4 is 10.2 Å². The first kappa shape index (κ1) is 23.5. The van der Waals surface area contributed by atoms with Gasteiger partial charge in [-0.15, -0.1) is 0 Å². The summed E-state index contributed by atoms with van der Waals surface area (Å²) in [5.74, 6) is -1.74. The van der Waals surface area contributed by atoms with Gasteiger partial charge in [-0.05, 0) is 56.3 Å². The first-order valence-electron chi connectivity index (χ1n) is 11.3. The van der Waals surface area contributed by atoms with Crippen LogP contribution in [0.15, 0.2) is 12.1 Å². The molecule has 1 N–H and O–H groups in total. The third-order valence-electron chi connectivity index (χ3n) is 6.80. The molecule has 1 aliphatic heterocycles. The van der Waals surface area contributed by atoms with Crippen LogP contribution in [0, 0.1) is 36.2 Å². The Morgan fingerprint density at radius 3 is 2.42 bits per heavy atom. The standard InChI is InChI=1S/C24H30F3N5O/c1-12(2)22-24(33)30-21-13(3)28-19(29-23(21)32(22)5)10-14-6-16(7-14)31(4)11-15-8-17(25)20(27)18(26)9-15/h8-9,12,14,16,22H,6-7,10-11H2,1-5H3,(H,30,33)/t14?,16?,22-/m0/s1. The number of benzene rings is 1. The summed E-state index contributed by atoms with van der Waals surface area (Å²) in [6.45, 7) is 6.26. The summed E-state index contributed by atoms with van der Waals surface area (Å²) < 4.78 is 40.2.